The predicted octanol–water partition coefficient (Wildman–Crippen LogP) is -2.09. The molecule has 5 heavy (non-hydrogen) atoms. The van der Waals surface area contributed by atoms with E-state index in [1.54, 1.807) is 0 Å². The molecule has 0 bridgehead atoms. The van der Waals surface area contributed by atoms with Crippen LogP contribution >= 0.6 is 0 Å². The Bertz CT molecular complexity index is 15.1. The Morgan fingerprint density at radius 1 is 1.80 bits per heavy atom. The summed E-state index contributed by atoms with van der Waals surface area (Å²) in [6, 6.07) is 0. The van der Waals surface area contributed by atoms with Crippen LogP contribution in [0.3, 0.4) is 0 Å². The van der Waals surface area contributed by atoms with Crippen molar-refractivity contribution in [3.63, 3.8) is 0 Å². The van der Waals surface area contributed by atoms with E-state index in [2.05, 4.69) is 5.73 Å². The Morgan fingerprint density at radius 3 is 1.80 bits per heavy atom. The summed E-state index contributed by atoms with van der Waals surface area (Å²) in [5, 5.41) is 8.38. The summed E-state index contributed by atoms with van der Waals surface area (Å²) in [6.07, 6.45) is 0. The van der Waals surface area contributed by atoms with Gasteiger partial charge in [0.1, 0.15) is 0 Å². The first-order chi connectivity index (χ1) is 2.41. The number of nitrogens with one attached hydrogen (secondary N) is 1. The molecule has 0 spiro atoms. The van der Waals surface area contributed by atoms with Gasteiger partial charge in [-0.1, -0.05) is 0 Å². The largest absolute Gasteiger partial charge is 0.333 e. The highest BCUT2D eigenvalue weighted by Crippen LogP contribution is 0.618. The van der Waals surface area contributed by atoms with Crippen LogP contribution in [0.4, 0.5) is 0 Å². The third-order valence-electron chi connectivity index (χ3n) is 0. The van der Waals surface area contributed by atoms with Crippen molar-refractivity contribution < 1.29 is 5.34 Å². The zero-order valence-electron chi connectivity index (χ0n) is 2.89. The average molecular weight is 78.1 g/mol. The lowest BCUT2D eigenvalue weighted by Crippen LogP contribution is -2.53. The van der Waals surface area contributed by atoms with Crippen molar-refractivity contribution in [2.24, 2.45) is 5.73 Å². The monoisotopic (exact) mass is 78.0 g/mol. The standard InChI is InChI=1S/CH5N.HNO2/c1-2;2-1-3/h2H2,1H3;1H. The highest BCUT2D eigenvalue weighted by molar-refractivity contribution is 3.77. The first kappa shape index (κ1) is 8.84. The summed E-state index contributed by atoms with van der Waals surface area (Å²) >= 11 is 0. The fourth-order valence-corrected chi connectivity index (χ4v) is 0. The molecule has 0 fully saturated rings. The molecule has 0 unspecified atom stereocenters. The molecule has 0 aliphatic rings. The van der Waals surface area contributed by atoms with Gasteiger partial charge < -0.3 is 5.73 Å². The number of hydrogen-bond donors (Lipinski definition) is 2. The van der Waals surface area contributed by atoms with E-state index in [1.807, 2.05) is 0 Å². The van der Waals surface area contributed by atoms with Crippen molar-refractivity contribution >= 4 is 0 Å². The number of rotatable bonds is 0. The molecular weight excluding hydrogens is 72.0 g/mol. The zero-order valence-corrected chi connectivity index (χ0v) is 2.89. The Morgan fingerprint density at radius 2 is 1.80 bits per heavy atom. The molecule has 3 N–H and O–H groups in total. The molecular formula is CH6N2O2. The van der Waals surface area contributed by atoms with Crippen LogP contribution in [0.1, 0.15) is 0 Å². The molecule has 4 heteroatoms. The highest BCUT2D eigenvalue weighted by atomic mass is 16.6. The number of nitrogens with two attached hydrogens (primary N) is 1. The fourth-order valence-electron chi connectivity index (χ4n) is 0. The van der Waals surface area contributed by atoms with E-state index in [4.69, 9.17) is 10.1 Å². The molecule has 32 valence electrons. The number of hydrogen-bond acceptors (Lipinski definition) is 3. The topological polar surface area (TPSA) is 80.1 Å². The molecule has 0 heterocycles. The van der Waals surface area contributed by atoms with Crippen molar-refractivity contribution in [2.75, 3.05) is 7.05 Å². The van der Waals surface area contributed by atoms with Crippen LogP contribution < -0.4 is 11.1 Å². The maximum absolute atomic E-state index is 8.12. The second-order valence-electron chi connectivity index (χ2n) is 0.0833. The van der Waals surface area contributed by atoms with Crippen LogP contribution in [0.25, 0.3) is 0 Å². The lowest BCUT2D eigenvalue weighted by atomic mass is 11.6. The van der Waals surface area contributed by atoms with Gasteiger partial charge in [0, 0.05) is 5.34 Å². The van der Waals surface area contributed by atoms with Gasteiger partial charge in [0.15, 0.2) is 0 Å². The van der Waals surface area contributed by atoms with Gasteiger partial charge in [-0.3, -0.25) is 10.1 Å². The van der Waals surface area contributed by atoms with Crippen molar-refractivity contribution in [2.45, 2.75) is 0 Å². The first-order valence-electron chi connectivity index (χ1n) is 0.986. The van der Waals surface area contributed by atoms with Crippen LogP contribution in [0, 0.1) is 10.1 Å². The maximum Gasteiger partial charge on any atom is 0.00366 e. The summed E-state index contributed by atoms with van der Waals surface area (Å²) in [5.41, 5.74) is 4.50. The second kappa shape index (κ2) is 144. The van der Waals surface area contributed by atoms with Crippen molar-refractivity contribution in [1.29, 1.82) is 0 Å². The fraction of sp³-hybridized carbons (Fsp3) is 1.00. The minimum Gasteiger partial charge on any atom is -0.333 e. The van der Waals surface area contributed by atoms with Crippen LogP contribution in [-0.2, 0) is 0 Å². The zero-order chi connectivity index (χ0) is 4.71. The van der Waals surface area contributed by atoms with Gasteiger partial charge in [0.25, 0.3) is 0 Å². The van der Waals surface area contributed by atoms with Gasteiger partial charge in [0.2, 0.25) is 0 Å². The first-order valence-corrected chi connectivity index (χ1v) is 0.986. The summed E-state index contributed by atoms with van der Waals surface area (Å²) in [5.74, 6) is 0. The molecule has 0 aromatic rings. The molecule has 4 nitrogen and oxygen atoms in total. The van der Waals surface area contributed by atoms with Gasteiger partial charge in [-0.05, 0) is 7.05 Å². The third kappa shape index (κ3) is 15.2. The van der Waals surface area contributed by atoms with Gasteiger partial charge in [-0.25, -0.2) is 0 Å². The molecule has 0 saturated carbocycles. The molecule has 0 saturated heterocycles. The lowest BCUT2D eigenvalue weighted by molar-refractivity contribution is -0.398. The van der Waals surface area contributed by atoms with Crippen molar-refractivity contribution in [1.82, 2.24) is 0 Å². The van der Waals surface area contributed by atoms with Gasteiger partial charge in [-0.15, -0.1) is 0 Å². The van der Waals surface area contributed by atoms with E-state index in [0.717, 1.165) is 0 Å². The molecule has 0 atom stereocenters. The average Bonchev–Trinajstić information content (AvgIpc) is 1.46. The molecule has 0 aliphatic carbocycles. The minimum atomic E-state index is 0.250. The SMILES string of the molecule is CN.O=[NH+][O-]. The molecule has 0 radical (unpaired) electrons. The summed E-state index contributed by atoms with van der Waals surface area (Å²) in [6.45, 7) is 0. The summed E-state index contributed by atoms with van der Waals surface area (Å²) in [4.78, 5) is 8.12. The highest BCUT2D eigenvalue weighted by Gasteiger charge is 1.10. The normalized spacial score (nSPS) is 3.60. The van der Waals surface area contributed by atoms with Crippen LogP contribution in [0.15, 0.2) is 0 Å². The molecule has 0 aliphatic heterocycles. The Kier molecular flexibility index (Phi) is 255. The molecule has 0 aromatic carbocycles. The van der Waals surface area contributed by atoms with Gasteiger partial charge in [0.05, 0.1) is 0 Å². The third-order valence-corrected chi connectivity index (χ3v) is 0. The lowest BCUT2D eigenvalue weighted by Gasteiger charge is -1.36. The molecule has 0 amide bonds. The van der Waals surface area contributed by atoms with Crippen LogP contribution in [-0.4, -0.2) is 7.05 Å². The van der Waals surface area contributed by atoms with Gasteiger partial charge >= 0.3 is 0 Å². The molecule has 0 aromatic heterocycles. The predicted molar refractivity (Wildman–Crippen MR) is 17.8 cm³/mol. The minimum absolute atomic E-state index is 0.250. The van der Waals surface area contributed by atoms with Crippen LogP contribution in [0.5, 0.6) is 0 Å². The van der Waals surface area contributed by atoms with E-state index < -0.39 is 0 Å². The Labute approximate surface area is 29.5 Å². The summed E-state index contributed by atoms with van der Waals surface area (Å²) in [7, 11) is 1.50. The second-order valence-corrected chi connectivity index (χ2v) is 0.0833. The van der Waals surface area contributed by atoms with E-state index in [9.17, 15) is 0 Å². The van der Waals surface area contributed by atoms with Gasteiger partial charge in [-0.2, -0.15) is 0 Å². The van der Waals surface area contributed by atoms with Crippen molar-refractivity contribution in [3.8, 4) is 0 Å². The van der Waals surface area contributed by atoms with Crippen LogP contribution in [0.2, 0.25) is 0 Å². The van der Waals surface area contributed by atoms with E-state index >= 15 is 0 Å². The quantitative estimate of drug-likeness (QED) is 0.257. The summed E-state index contributed by atoms with van der Waals surface area (Å²) < 4.78 is 0. The Hall–Kier alpha value is -0.640. The van der Waals surface area contributed by atoms with E-state index in [0.29, 0.717) is 0 Å². The smallest absolute Gasteiger partial charge is 0.00366 e. The van der Waals surface area contributed by atoms with E-state index in [1.165, 1.54) is 7.05 Å². The maximum atomic E-state index is 8.12. The Balaban J connectivity index is 0. The van der Waals surface area contributed by atoms with Crippen molar-refractivity contribution in [3.05, 3.63) is 10.1 Å². The molecule has 0 rings (SSSR count). The van der Waals surface area contributed by atoms with E-state index in [-0.39, 0.29) is 5.34 Å².